The highest BCUT2D eigenvalue weighted by atomic mass is 16.5. The van der Waals surface area contributed by atoms with Gasteiger partial charge < -0.3 is 14.8 Å². The summed E-state index contributed by atoms with van der Waals surface area (Å²) in [7, 11) is 1.17. The summed E-state index contributed by atoms with van der Waals surface area (Å²) in [4.78, 5) is 34.8. The summed E-state index contributed by atoms with van der Waals surface area (Å²) in [5.74, 6) is -2.00. The fourth-order valence-electron chi connectivity index (χ4n) is 2.15. The molecular formula is C15H15NO5. The molecule has 6 nitrogen and oxygen atoms in total. The second-order valence-electron chi connectivity index (χ2n) is 4.54. The average Bonchev–Trinajstić information content (AvgIpc) is 2.74. The Bertz CT molecular complexity index is 606. The zero-order valence-corrected chi connectivity index (χ0v) is 11.7. The summed E-state index contributed by atoms with van der Waals surface area (Å²) in [5, 5.41) is 2.63. The molecule has 1 aliphatic rings. The lowest BCUT2D eigenvalue weighted by Crippen LogP contribution is -2.32. The number of hydrogen-bond acceptors (Lipinski definition) is 5. The van der Waals surface area contributed by atoms with Gasteiger partial charge in [-0.25, -0.2) is 4.79 Å². The molecule has 0 bridgehead atoms. The molecule has 1 amide bonds. The lowest BCUT2D eigenvalue weighted by molar-refractivity contribution is -0.138. The summed E-state index contributed by atoms with van der Waals surface area (Å²) in [6.07, 6.45) is 0.412. The number of amides is 1. The van der Waals surface area contributed by atoms with Gasteiger partial charge in [-0.2, -0.15) is 0 Å². The number of benzene rings is 1. The van der Waals surface area contributed by atoms with E-state index in [4.69, 9.17) is 4.74 Å². The largest absolute Gasteiger partial charge is 0.465 e. The van der Waals surface area contributed by atoms with Crippen LogP contribution in [0.25, 0.3) is 0 Å². The van der Waals surface area contributed by atoms with E-state index in [1.54, 1.807) is 0 Å². The van der Waals surface area contributed by atoms with E-state index < -0.39 is 23.9 Å². The Hall–Kier alpha value is -2.63. The molecule has 6 heteroatoms. The summed E-state index contributed by atoms with van der Waals surface area (Å²) >= 11 is 0. The van der Waals surface area contributed by atoms with Gasteiger partial charge in [0.2, 0.25) is 0 Å². The predicted molar refractivity (Wildman–Crippen MR) is 72.9 cm³/mol. The van der Waals surface area contributed by atoms with Gasteiger partial charge in [0, 0.05) is 6.92 Å². The van der Waals surface area contributed by atoms with Crippen molar-refractivity contribution in [3.8, 4) is 0 Å². The zero-order valence-electron chi connectivity index (χ0n) is 11.7. The van der Waals surface area contributed by atoms with Crippen molar-refractivity contribution in [1.82, 2.24) is 5.32 Å². The SMILES string of the molecule is COC(=O)C1=C(OC(C)=O)C(Cc2ccccc2)NC1=O. The van der Waals surface area contributed by atoms with Crippen LogP contribution in [0.1, 0.15) is 12.5 Å². The molecule has 1 aliphatic heterocycles. The van der Waals surface area contributed by atoms with Crippen molar-refractivity contribution >= 4 is 17.8 Å². The minimum atomic E-state index is -0.820. The van der Waals surface area contributed by atoms with Crippen molar-refractivity contribution in [2.75, 3.05) is 7.11 Å². The quantitative estimate of drug-likeness (QED) is 0.652. The molecular weight excluding hydrogens is 274 g/mol. The van der Waals surface area contributed by atoms with Crippen molar-refractivity contribution in [3.63, 3.8) is 0 Å². The van der Waals surface area contributed by atoms with Crippen molar-refractivity contribution in [2.24, 2.45) is 0 Å². The van der Waals surface area contributed by atoms with E-state index in [0.29, 0.717) is 6.42 Å². The minimum absolute atomic E-state index is 0.0169. The standard InChI is InChI=1S/C15H15NO5/c1-9(17)21-13-11(8-10-6-4-3-5-7-10)16-14(18)12(13)15(19)20-2/h3-7,11H,8H2,1-2H3,(H,16,18). The highest BCUT2D eigenvalue weighted by Gasteiger charge is 2.38. The van der Waals surface area contributed by atoms with Crippen LogP contribution in [0.3, 0.4) is 0 Å². The van der Waals surface area contributed by atoms with Crippen LogP contribution in [0.5, 0.6) is 0 Å². The van der Waals surface area contributed by atoms with Crippen molar-refractivity contribution < 1.29 is 23.9 Å². The summed E-state index contributed by atoms with van der Waals surface area (Å²) in [6.45, 7) is 1.21. The van der Waals surface area contributed by atoms with Crippen LogP contribution in [0, 0.1) is 0 Å². The molecule has 0 radical (unpaired) electrons. The molecule has 2 rings (SSSR count). The van der Waals surface area contributed by atoms with E-state index >= 15 is 0 Å². The Kier molecular flexibility index (Phi) is 4.37. The molecule has 0 fully saturated rings. The fourth-order valence-corrected chi connectivity index (χ4v) is 2.15. The van der Waals surface area contributed by atoms with Gasteiger partial charge in [-0.15, -0.1) is 0 Å². The van der Waals surface area contributed by atoms with Crippen molar-refractivity contribution in [3.05, 3.63) is 47.2 Å². The zero-order chi connectivity index (χ0) is 15.4. The van der Waals surface area contributed by atoms with Crippen molar-refractivity contribution in [2.45, 2.75) is 19.4 Å². The average molecular weight is 289 g/mol. The Balaban J connectivity index is 2.32. The van der Waals surface area contributed by atoms with Gasteiger partial charge in [-0.3, -0.25) is 9.59 Å². The first-order chi connectivity index (χ1) is 10.0. The van der Waals surface area contributed by atoms with Crippen LogP contribution < -0.4 is 5.32 Å². The molecule has 0 saturated heterocycles. The Labute approximate surface area is 121 Å². The van der Waals surface area contributed by atoms with E-state index in [-0.39, 0.29) is 11.3 Å². The van der Waals surface area contributed by atoms with Crippen LogP contribution >= 0.6 is 0 Å². The molecule has 1 atom stereocenters. The normalized spacial score (nSPS) is 17.4. The Morgan fingerprint density at radius 1 is 1.24 bits per heavy atom. The van der Waals surface area contributed by atoms with Crippen LogP contribution in [0.4, 0.5) is 0 Å². The van der Waals surface area contributed by atoms with Gasteiger partial charge in [0.25, 0.3) is 5.91 Å². The highest BCUT2D eigenvalue weighted by molar-refractivity contribution is 6.18. The number of esters is 2. The van der Waals surface area contributed by atoms with Crippen LogP contribution in [0.2, 0.25) is 0 Å². The van der Waals surface area contributed by atoms with Crippen LogP contribution in [0.15, 0.2) is 41.7 Å². The van der Waals surface area contributed by atoms with E-state index in [1.807, 2.05) is 30.3 Å². The molecule has 1 heterocycles. The third-order valence-electron chi connectivity index (χ3n) is 3.02. The second-order valence-corrected chi connectivity index (χ2v) is 4.54. The predicted octanol–water partition coefficient (Wildman–Crippen LogP) is 0.718. The first-order valence-corrected chi connectivity index (χ1v) is 6.38. The smallest absolute Gasteiger partial charge is 0.347 e. The second kappa shape index (κ2) is 6.21. The molecule has 1 N–H and O–H groups in total. The summed E-state index contributed by atoms with van der Waals surface area (Å²) in [5.41, 5.74) is 0.687. The molecule has 0 aromatic heterocycles. The van der Waals surface area contributed by atoms with E-state index in [2.05, 4.69) is 10.1 Å². The Morgan fingerprint density at radius 3 is 2.48 bits per heavy atom. The maximum atomic E-state index is 11.9. The molecule has 110 valence electrons. The number of rotatable bonds is 4. The van der Waals surface area contributed by atoms with E-state index in [9.17, 15) is 14.4 Å². The van der Waals surface area contributed by atoms with Gasteiger partial charge in [-0.1, -0.05) is 30.3 Å². The molecule has 0 aliphatic carbocycles. The van der Waals surface area contributed by atoms with E-state index in [0.717, 1.165) is 5.56 Å². The number of hydrogen-bond donors (Lipinski definition) is 1. The molecule has 0 spiro atoms. The Morgan fingerprint density at radius 2 is 1.90 bits per heavy atom. The van der Waals surface area contributed by atoms with Gasteiger partial charge in [0.05, 0.1) is 13.2 Å². The third kappa shape index (κ3) is 3.28. The monoisotopic (exact) mass is 289 g/mol. The molecule has 0 saturated carbocycles. The van der Waals surface area contributed by atoms with Gasteiger partial charge in [-0.05, 0) is 12.0 Å². The van der Waals surface area contributed by atoms with Gasteiger partial charge in [0.1, 0.15) is 0 Å². The van der Waals surface area contributed by atoms with E-state index in [1.165, 1.54) is 14.0 Å². The first-order valence-electron chi connectivity index (χ1n) is 6.38. The summed E-state index contributed by atoms with van der Waals surface area (Å²) < 4.78 is 9.62. The minimum Gasteiger partial charge on any atom is -0.465 e. The molecule has 1 aromatic carbocycles. The third-order valence-corrected chi connectivity index (χ3v) is 3.02. The maximum Gasteiger partial charge on any atom is 0.347 e. The molecule has 1 unspecified atom stereocenters. The number of carbonyl (C=O) groups is 3. The number of ether oxygens (including phenoxy) is 2. The first kappa shape index (κ1) is 14.8. The van der Waals surface area contributed by atoms with Gasteiger partial charge in [0.15, 0.2) is 11.3 Å². The maximum absolute atomic E-state index is 11.9. The number of carbonyl (C=O) groups excluding carboxylic acids is 3. The lowest BCUT2D eigenvalue weighted by atomic mass is 10.0. The molecule has 21 heavy (non-hydrogen) atoms. The molecule has 1 aromatic rings. The summed E-state index contributed by atoms with van der Waals surface area (Å²) in [6, 6.07) is 8.80. The topological polar surface area (TPSA) is 81.7 Å². The van der Waals surface area contributed by atoms with Crippen LogP contribution in [-0.4, -0.2) is 31.0 Å². The van der Waals surface area contributed by atoms with Crippen LogP contribution in [-0.2, 0) is 30.3 Å². The fraction of sp³-hybridized carbons (Fsp3) is 0.267. The van der Waals surface area contributed by atoms with Gasteiger partial charge >= 0.3 is 11.9 Å². The number of methoxy groups -OCH3 is 1. The number of nitrogens with one attached hydrogen (secondary N) is 1. The van der Waals surface area contributed by atoms with Crippen molar-refractivity contribution in [1.29, 1.82) is 0 Å². The highest BCUT2D eigenvalue weighted by Crippen LogP contribution is 2.23. The lowest BCUT2D eigenvalue weighted by Gasteiger charge is -2.14.